The number of furan rings is 1. The smallest absolute Gasteiger partial charge is 0.127 e. The molecule has 0 spiro atoms. The van der Waals surface area contributed by atoms with E-state index in [1.807, 2.05) is 37.1 Å². The molecule has 0 fully saturated rings. The Balaban J connectivity index is 2.17. The Bertz CT molecular complexity index is 511. The molecule has 0 saturated heterocycles. The Labute approximate surface area is 112 Å². The predicted octanol–water partition coefficient (Wildman–Crippen LogP) is 2.94. The molecule has 1 heterocycles. The first kappa shape index (κ1) is 13.8. The lowest BCUT2D eigenvalue weighted by Gasteiger charge is -2.29. The molecule has 1 aromatic carbocycles. The molecule has 4 heteroatoms. The van der Waals surface area contributed by atoms with Crippen molar-refractivity contribution in [2.45, 2.75) is 25.6 Å². The van der Waals surface area contributed by atoms with E-state index in [4.69, 9.17) is 10.2 Å². The fraction of sp³-hybridized carbons (Fsp3) is 0.333. The van der Waals surface area contributed by atoms with Gasteiger partial charge >= 0.3 is 0 Å². The van der Waals surface area contributed by atoms with E-state index < -0.39 is 0 Å². The maximum atomic E-state index is 13.7. The van der Waals surface area contributed by atoms with Gasteiger partial charge in [-0.3, -0.25) is 4.90 Å². The van der Waals surface area contributed by atoms with Crippen LogP contribution in [0.5, 0.6) is 0 Å². The molecule has 0 aliphatic heterocycles. The predicted molar refractivity (Wildman–Crippen MR) is 73.0 cm³/mol. The molecule has 102 valence electrons. The zero-order chi connectivity index (χ0) is 13.8. The first-order chi connectivity index (χ1) is 9.09. The summed E-state index contributed by atoms with van der Waals surface area (Å²) in [6.45, 7) is 2.41. The minimum atomic E-state index is -0.197. The Morgan fingerprint density at radius 1 is 1.26 bits per heavy atom. The third-order valence-electron chi connectivity index (χ3n) is 3.19. The van der Waals surface area contributed by atoms with E-state index in [9.17, 15) is 4.39 Å². The highest BCUT2D eigenvalue weighted by atomic mass is 19.1. The largest absolute Gasteiger partial charge is 0.468 e. The van der Waals surface area contributed by atoms with Crippen LogP contribution in [0, 0.1) is 5.82 Å². The van der Waals surface area contributed by atoms with Crippen LogP contribution in [-0.4, -0.2) is 18.0 Å². The van der Waals surface area contributed by atoms with Gasteiger partial charge < -0.3 is 10.2 Å². The van der Waals surface area contributed by atoms with Crippen LogP contribution in [0.4, 0.5) is 4.39 Å². The van der Waals surface area contributed by atoms with E-state index in [2.05, 4.69) is 0 Å². The van der Waals surface area contributed by atoms with E-state index in [1.54, 1.807) is 18.4 Å². The SMILES string of the molecule is CC(N)C(c1ccco1)N(C)Cc1ccccc1F. The van der Waals surface area contributed by atoms with Crippen molar-refractivity contribution in [3.8, 4) is 0 Å². The van der Waals surface area contributed by atoms with E-state index >= 15 is 0 Å². The maximum absolute atomic E-state index is 13.7. The molecule has 0 aliphatic carbocycles. The Hall–Kier alpha value is -1.65. The lowest BCUT2D eigenvalue weighted by molar-refractivity contribution is 0.182. The monoisotopic (exact) mass is 262 g/mol. The number of benzene rings is 1. The van der Waals surface area contributed by atoms with Gasteiger partial charge in [-0.05, 0) is 32.2 Å². The lowest BCUT2D eigenvalue weighted by Crippen LogP contribution is -2.36. The normalized spacial score (nSPS) is 14.6. The zero-order valence-corrected chi connectivity index (χ0v) is 11.2. The summed E-state index contributed by atoms with van der Waals surface area (Å²) in [5.41, 5.74) is 6.68. The van der Waals surface area contributed by atoms with Crippen molar-refractivity contribution < 1.29 is 8.81 Å². The van der Waals surface area contributed by atoms with Crippen molar-refractivity contribution in [1.29, 1.82) is 0 Å². The van der Waals surface area contributed by atoms with Crippen molar-refractivity contribution in [3.63, 3.8) is 0 Å². The van der Waals surface area contributed by atoms with Gasteiger partial charge in [0.25, 0.3) is 0 Å². The van der Waals surface area contributed by atoms with Gasteiger partial charge in [-0.1, -0.05) is 18.2 Å². The summed E-state index contributed by atoms with van der Waals surface area (Å²) in [6, 6.07) is 10.3. The molecule has 0 radical (unpaired) electrons. The molecule has 2 N–H and O–H groups in total. The van der Waals surface area contributed by atoms with Crippen molar-refractivity contribution in [3.05, 3.63) is 59.8 Å². The molecule has 2 rings (SSSR count). The highest BCUT2D eigenvalue weighted by Crippen LogP contribution is 2.24. The molecular formula is C15H19FN2O. The molecule has 1 aromatic heterocycles. The Kier molecular flexibility index (Phi) is 4.35. The van der Waals surface area contributed by atoms with E-state index in [0.717, 1.165) is 5.76 Å². The highest BCUT2D eigenvalue weighted by molar-refractivity contribution is 5.18. The molecular weight excluding hydrogens is 243 g/mol. The summed E-state index contributed by atoms with van der Waals surface area (Å²) in [4.78, 5) is 2.00. The van der Waals surface area contributed by atoms with E-state index in [0.29, 0.717) is 12.1 Å². The summed E-state index contributed by atoms with van der Waals surface area (Å²) in [7, 11) is 1.92. The van der Waals surface area contributed by atoms with E-state index in [-0.39, 0.29) is 17.9 Å². The molecule has 3 nitrogen and oxygen atoms in total. The lowest BCUT2D eigenvalue weighted by atomic mass is 10.1. The van der Waals surface area contributed by atoms with Crippen LogP contribution in [-0.2, 0) is 6.54 Å². The molecule has 2 unspecified atom stereocenters. The van der Waals surface area contributed by atoms with Gasteiger partial charge in [-0.25, -0.2) is 4.39 Å². The first-order valence-corrected chi connectivity index (χ1v) is 6.32. The minimum Gasteiger partial charge on any atom is -0.468 e. The third-order valence-corrected chi connectivity index (χ3v) is 3.19. The number of halogens is 1. The molecule has 0 bridgehead atoms. The second kappa shape index (κ2) is 5.99. The molecule has 2 atom stereocenters. The number of hydrogen-bond donors (Lipinski definition) is 1. The zero-order valence-electron chi connectivity index (χ0n) is 11.2. The van der Waals surface area contributed by atoms with Crippen LogP contribution in [0.15, 0.2) is 47.1 Å². The fourth-order valence-corrected chi connectivity index (χ4v) is 2.33. The van der Waals surface area contributed by atoms with Gasteiger partial charge in [0.2, 0.25) is 0 Å². The van der Waals surface area contributed by atoms with Crippen LogP contribution in [0.3, 0.4) is 0 Å². The van der Waals surface area contributed by atoms with Gasteiger partial charge in [-0.15, -0.1) is 0 Å². The summed E-state index contributed by atoms with van der Waals surface area (Å²) in [6.07, 6.45) is 1.63. The average Bonchev–Trinajstić information content (AvgIpc) is 2.85. The van der Waals surface area contributed by atoms with Crippen molar-refractivity contribution in [2.24, 2.45) is 5.73 Å². The fourth-order valence-electron chi connectivity index (χ4n) is 2.33. The third kappa shape index (κ3) is 3.22. The van der Waals surface area contributed by atoms with Crippen molar-refractivity contribution in [1.82, 2.24) is 4.90 Å². The summed E-state index contributed by atoms with van der Waals surface area (Å²) in [5, 5.41) is 0. The van der Waals surface area contributed by atoms with Crippen molar-refractivity contribution in [2.75, 3.05) is 7.05 Å². The van der Waals surface area contributed by atoms with E-state index in [1.165, 1.54) is 6.07 Å². The van der Waals surface area contributed by atoms with Crippen LogP contribution in [0.2, 0.25) is 0 Å². The topological polar surface area (TPSA) is 42.4 Å². The number of likely N-dealkylation sites (N-methyl/N-ethyl adjacent to an activating group) is 1. The molecule has 0 aliphatic rings. The van der Waals surface area contributed by atoms with Gasteiger partial charge in [0.05, 0.1) is 12.3 Å². The van der Waals surface area contributed by atoms with Gasteiger partial charge in [0.1, 0.15) is 11.6 Å². The quantitative estimate of drug-likeness (QED) is 0.900. The summed E-state index contributed by atoms with van der Waals surface area (Å²) < 4.78 is 19.1. The highest BCUT2D eigenvalue weighted by Gasteiger charge is 2.24. The molecule has 2 aromatic rings. The van der Waals surface area contributed by atoms with Gasteiger partial charge in [0.15, 0.2) is 0 Å². The minimum absolute atomic E-state index is 0.0744. The second-order valence-corrected chi connectivity index (χ2v) is 4.83. The van der Waals surface area contributed by atoms with Crippen LogP contribution < -0.4 is 5.73 Å². The first-order valence-electron chi connectivity index (χ1n) is 6.32. The molecule has 0 amide bonds. The maximum Gasteiger partial charge on any atom is 0.127 e. The summed E-state index contributed by atoms with van der Waals surface area (Å²) >= 11 is 0. The second-order valence-electron chi connectivity index (χ2n) is 4.83. The van der Waals surface area contributed by atoms with Crippen LogP contribution in [0.25, 0.3) is 0 Å². The standard InChI is InChI=1S/C15H19FN2O/c1-11(17)15(14-8-5-9-19-14)18(2)10-12-6-3-4-7-13(12)16/h3-9,11,15H,10,17H2,1-2H3. The van der Waals surface area contributed by atoms with Crippen LogP contribution >= 0.6 is 0 Å². The number of rotatable bonds is 5. The number of hydrogen-bond acceptors (Lipinski definition) is 3. The average molecular weight is 262 g/mol. The number of nitrogens with zero attached hydrogens (tertiary/aromatic N) is 1. The summed E-state index contributed by atoms with van der Waals surface area (Å²) in [5.74, 6) is 0.603. The van der Waals surface area contributed by atoms with Crippen LogP contribution in [0.1, 0.15) is 24.3 Å². The van der Waals surface area contributed by atoms with Crippen molar-refractivity contribution >= 4 is 0 Å². The van der Waals surface area contributed by atoms with Gasteiger partial charge in [0, 0.05) is 18.2 Å². The number of nitrogens with two attached hydrogens (primary N) is 1. The van der Waals surface area contributed by atoms with Gasteiger partial charge in [-0.2, -0.15) is 0 Å². The Morgan fingerprint density at radius 2 is 2.00 bits per heavy atom. The molecule has 19 heavy (non-hydrogen) atoms. The molecule has 0 saturated carbocycles. The Morgan fingerprint density at radius 3 is 2.58 bits per heavy atom.